The summed E-state index contributed by atoms with van der Waals surface area (Å²) in [5, 5.41) is 18.9. The summed E-state index contributed by atoms with van der Waals surface area (Å²) in [7, 11) is 0. The number of aromatic nitrogens is 7. The standard InChI is InChI=1S/C28H29N7O2/c1-2-3-14-25-31-35(26(36)18-20-10-6-4-7-11-20)28(37)34(25)19-21-15-16-23(22-12-8-5-9-13-22)24(17-21)27-29-32-33-30-27/h5,8-9,12-13,15-17,20H,2,4,6-7,10-11,18-19H2,1H3,(H,29,30,32,33). The van der Waals surface area contributed by atoms with Gasteiger partial charge in [-0.05, 0) is 52.7 Å². The van der Waals surface area contributed by atoms with Crippen molar-refractivity contribution < 1.29 is 4.79 Å². The summed E-state index contributed by atoms with van der Waals surface area (Å²) in [5.74, 6) is 6.75. The number of tetrazole rings is 1. The van der Waals surface area contributed by atoms with Crippen LogP contribution >= 0.6 is 0 Å². The van der Waals surface area contributed by atoms with Crippen molar-refractivity contribution in [1.82, 2.24) is 35.0 Å². The minimum absolute atomic E-state index is 0.211. The number of nitrogens with zero attached hydrogens (tertiary/aromatic N) is 6. The molecule has 1 fully saturated rings. The van der Waals surface area contributed by atoms with Crippen LogP contribution in [0.1, 0.15) is 68.1 Å². The molecule has 9 nitrogen and oxygen atoms in total. The summed E-state index contributed by atoms with van der Waals surface area (Å²) in [4.78, 5) is 26.4. The summed E-state index contributed by atoms with van der Waals surface area (Å²) in [6, 6.07) is 15.8. The number of hydrogen-bond donors (Lipinski definition) is 1. The lowest BCUT2D eigenvalue weighted by Gasteiger charge is -2.20. The first-order valence-corrected chi connectivity index (χ1v) is 12.8. The summed E-state index contributed by atoms with van der Waals surface area (Å²) >= 11 is 0. The predicted octanol–water partition coefficient (Wildman–Crippen LogP) is 4.31. The summed E-state index contributed by atoms with van der Waals surface area (Å²) in [6.07, 6.45) is 6.49. The largest absolute Gasteiger partial charge is 0.354 e. The van der Waals surface area contributed by atoms with Gasteiger partial charge in [0.2, 0.25) is 11.6 Å². The van der Waals surface area contributed by atoms with E-state index in [0.29, 0.717) is 24.6 Å². The van der Waals surface area contributed by atoms with Crippen LogP contribution in [0.25, 0.3) is 22.5 Å². The number of benzene rings is 2. The van der Waals surface area contributed by atoms with E-state index < -0.39 is 5.69 Å². The molecular weight excluding hydrogens is 466 g/mol. The highest BCUT2D eigenvalue weighted by Crippen LogP contribution is 2.31. The molecule has 0 amide bonds. The zero-order chi connectivity index (χ0) is 25.6. The van der Waals surface area contributed by atoms with Crippen LogP contribution in [0.15, 0.2) is 53.3 Å². The first kappa shape index (κ1) is 24.4. The fraction of sp³-hybridized carbons (Fsp3) is 0.357. The molecular formula is C28H29N7O2. The predicted molar refractivity (Wildman–Crippen MR) is 140 cm³/mol. The van der Waals surface area contributed by atoms with Crippen LogP contribution in [-0.4, -0.2) is 40.9 Å². The summed E-state index contributed by atoms with van der Waals surface area (Å²) < 4.78 is 2.48. The number of nitrogens with one attached hydrogen (secondary N) is 1. The van der Waals surface area contributed by atoms with E-state index >= 15 is 0 Å². The third-order valence-electron chi connectivity index (χ3n) is 6.76. The molecule has 4 aromatic rings. The molecule has 0 unspecified atom stereocenters. The molecule has 0 bridgehead atoms. The van der Waals surface area contributed by atoms with Gasteiger partial charge in [0.05, 0.1) is 6.54 Å². The maximum Gasteiger partial charge on any atom is 0.354 e. The molecule has 0 radical (unpaired) electrons. The molecule has 0 atom stereocenters. The van der Waals surface area contributed by atoms with Crippen LogP contribution in [-0.2, 0) is 6.54 Å². The lowest BCUT2D eigenvalue weighted by molar-refractivity contribution is 0.0846. The monoisotopic (exact) mass is 495 g/mol. The molecule has 2 aromatic heterocycles. The van der Waals surface area contributed by atoms with E-state index in [4.69, 9.17) is 0 Å². The molecule has 2 heterocycles. The molecule has 0 saturated heterocycles. The van der Waals surface area contributed by atoms with Gasteiger partial charge in [0.15, 0.2) is 0 Å². The topological polar surface area (TPSA) is 111 Å². The Bertz CT molecular complexity index is 1490. The van der Waals surface area contributed by atoms with Gasteiger partial charge in [-0.15, -0.1) is 20.0 Å². The fourth-order valence-electron chi connectivity index (χ4n) is 4.89. The SMILES string of the molecule is CCC#Cc1nn(C(=O)CC2CCCCC2)c(=O)n1Cc1ccc(-c2ccccc2)c(-c2nn[nH]n2)c1. The van der Waals surface area contributed by atoms with E-state index in [2.05, 4.69) is 37.6 Å². The molecule has 1 saturated carbocycles. The van der Waals surface area contributed by atoms with Crippen LogP contribution in [0.3, 0.4) is 0 Å². The van der Waals surface area contributed by atoms with Crippen molar-refractivity contribution in [3.8, 4) is 34.4 Å². The average molecular weight is 496 g/mol. The number of aromatic amines is 1. The van der Waals surface area contributed by atoms with E-state index in [0.717, 1.165) is 52.6 Å². The zero-order valence-electron chi connectivity index (χ0n) is 20.9. The number of carbonyl (C=O) groups excluding carboxylic acids is 1. The van der Waals surface area contributed by atoms with Crippen molar-refractivity contribution in [2.24, 2.45) is 5.92 Å². The first-order valence-electron chi connectivity index (χ1n) is 12.8. The van der Waals surface area contributed by atoms with Gasteiger partial charge in [-0.1, -0.05) is 74.6 Å². The number of carbonyl (C=O) groups is 1. The first-order chi connectivity index (χ1) is 18.1. The van der Waals surface area contributed by atoms with Crippen molar-refractivity contribution in [1.29, 1.82) is 0 Å². The van der Waals surface area contributed by atoms with E-state index in [1.165, 1.54) is 11.0 Å². The number of hydrogen-bond acceptors (Lipinski definition) is 6. The maximum absolute atomic E-state index is 13.4. The normalized spacial score (nSPS) is 13.8. The molecule has 9 heteroatoms. The highest BCUT2D eigenvalue weighted by atomic mass is 16.2. The minimum Gasteiger partial charge on any atom is -0.272 e. The molecule has 0 aliphatic heterocycles. The van der Waals surface area contributed by atoms with Crippen molar-refractivity contribution in [3.63, 3.8) is 0 Å². The highest BCUT2D eigenvalue weighted by Gasteiger charge is 2.23. The molecule has 1 aliphatic carbocycles. The Hall–Kier alpha value is -4.32. The third kappa shape index (κ3) is 5.43. The molecule has 37 heavy (non-hydrogen) atoms. The van der Waals surface area contributed by atoms with Crippen molar-refractivity contribution in [3.05, 3.63) is 70.4 Å². The van der Waals surface area contributed by atoms with Crippen LogP contribution in [0.2, 0.25) is 0 Å². The second-order valence-corrected chi connectivity index (χ2v) is 9.34. The minimum atomic E-state index is -0.463. The Balaban J connectivity index is 1.50. The van der Waals surface area contributed by atoms with Gasteiger partial charge in [-0.3, -0.25) is 9.36 Å². The van der Waals surface area contributed by atoms with Crippen LogP contribution in [0.4, 0.5) is 0 Å². The van der Waals surface area contributed by atoms with Gasteiger partial charge < -0.3 is 0 Å². The van der Waals surface area contributed by atoms with Gasteiger partial charge in [0.1, 0.15) is 0 Å². The Morgan fingerprint density at radius 2 is 1.89 bits per heavy atom. The van der Waals surface area contributed by atoms with E-state index in [-0.39, 0.29) is 18.3 Å². The van der Waals surface area contributed by atoms with Crippen molar-refractivity contribution >= 4 is 5.91 Å². The second kappa shape index (κ2) is 11.2. The van der Waals surface area contributed by atoms with Crippen molar-refractivity contribution in [2.75, 3.05) is 0 Å². The molecule has 2 aromatic carbocycles. The lowest BCUT2D eigenvalue weighted by Crippen LogP contribution is -2.31. The van der Waals surface area contributed by atoms with Gasteiger partial charge in [-0.25, -0.2) is 4.79 Å². The Labute approximate surface area is 214 Å². The Morgan fingerprint density at radius 3 is 2.62 bits per heavy atom. The van der Waals surface area contributed by atoms with Gasteiger partial charge >= 0.3 is 5.69 Å². The zero-order valence-corrected chi connectivity index (χ0v) is 20.9. The summed E-state index contributed by atoms with van der Waals surface area (Å²) in [5.41, 5.74) is 3.12. The van der Waals surface area contributed by atoms with Crippen molar-refractivity contribution in [2.45, 2.75) is 58.4 Å². The van der Waals surface area contributed by atoms with Crippen LogP contribution in [0, 0.1) is 17.8 Å². The lowest BCUT2D eigenvalue weighted by atomic mass is 9.87. The van der Waals surface area contributed by atoms with Gasteiger partial charge in [0, 0.05) is 18.4 Å². The quantitative estimate of drug-likeness (QED) is 0.399. The Kier molecular flexibility index (Phi) is 7.36. The molecule has 5 rings (SSSR count). The van der Waals surface area contributed by atoms with E-state index in [9.17, 15) is 9.59 Å². The molecule has 1 N–H and O–H groups in total. The van der Waals surface area contributed by atoms with E-state index in [1.54, 1.807) is 0 Å². The smallest absolute Gasteiger partial charge is 0.272 e. The third-order valence-corrected chi connectivity index (χ3v) is 6.76. The summed E-state index contributed by atoms with van der Waals surface area (Å²) in [6.45, 7) is 2.14. The van der Waals surface area contributed by atoms with Crippen LogP contribution < -0.4 is 5.69 Å². The maximum atomic E-state index is 13.4. The number of rotatable bonds is 6. The van der Waals surface area contributed by atoms with Gasteiger partial charge in [-0.2, -0.15) is 5.21 Å². The average Bonchev–Trinajstić information content (AvgIpc) is 3.57. The highest BCUT2D eigenvalue weighted by molar-refractivity contribution is 5.81. The van der Waals surface area contributed by atoms with Gasteiger partial charge in [0.25, 0.3) is 5.91 Å². The molecule has 1 aliphatic rings. The molecule has 188 valence electrons. The van der Waals surface area contributed by atoms with E-state index in [1.807, 2.05) is 55.5 Å². The number of H-pyrrole nitrogens is 1. The van der Waals surface area contributed by atoms with Crippen LogP contribution in [0.5, 0.6) is 0 Å². The second-order valence-electron chi connectivity index (χ2n) is 9.34. The molecule has 0 spiro atoms. The Morgan fingerprint density at radius 1 is 1.08 bits per heavy atom. The fourth-order valence-corrected chi connectivity index (χ4v) is 4.89.